The van der Waals surface area contributed by atoms with Gasteiger partial charge in [-0.3, -0.25) is 10.4 Å². The quantitative estimate of drug-likeness (QED) is 0.485. The van der Waals surface area contributed by atoms with Crippen LogP contribution in [0.4, 0.5) is 0 Å². The molecule has 0 amide bonds. The van der Waals surface area contributed by atoms with Crippen molar-refractivity contribution in [2.75, 3.05) is 13.2 Å². The molecule has 0 aliphatic heterocycles. The molecule has 0 atom stereocenters. The van der Waals surface area contributed by atoms with Crippen LogP contribution in [0.15, 0.2) is 36.4 Å². The van der Waals surface area contributed by atoms with Crippen molar-refractivity contribution < 1.29 is 9.47 Å². The van der Waals surface area contributed by atoms with E-state index in [1.807, 2.05) is 44.2 Å². The number of benzene rings is 1. The number of aryl methyl sites for hydroxylation is 2. The predicted octanol–water partition coefficient (Wildman–Crippen LogP) is 2.44. The maximum absolute atomic E-state index is 7.63. The number of nitrogen functional groups attached to an aromatic ring is 1. The summed E-state index contributed by atoms with van der Waals surface area (Å²) in [7, 11) is 0. The molecular formula is C16H19N3O2. The van der Waals surface area contributed by atoms with Gasteiger partial charge in [0.15, 0.2) is 0 Å². The van der Waals surface area contributed by atoms with E-state index in [0.717, 1.165) is 11.4 Å². The first-order valence-corrected chi connectivity index (χ1v) is 6.71. The van der Waals surface area contributed by atoms with Crippen LogP contribution in [0.2, 0.25) is 0 Å². The van der Waals surface area contributed by atoms with E-state index in [4.69, 9.17) is 20.6 Å². The minimum absolute atomic E-state index is 0.0426. The summed E-state index contributed by atoms with van der Waals surface area (Å²) < 4.78 is 11.3. The first kappa shape index (κ1) is 14.8. The lowest BCUT2D eigenvalue weighted by atomic mass is 10.1. The van der Waals surface area contributed by atoms with Crippen molar-refractivity contribution in [3.63, 3.8) is 0 Å². The summed E-state index contributed by atoms with van der Waals surface area (Å²) in [4.78, 5) is 4.30. The Kier molecular flexibility index (Phi) is 4.77. The zero-order chi connectivity index (χ0) is 15.2. The average Bonchev–Trinajstić information content (AvgIpc) is 2.43. The largest absolute Gasteiger partial charge is 0.490 e. The molecule has 0 aliphatic rings. The van der Waals surface area contributed by atoms with Gasteiger partial charge in [-0.05, 0) is 26.0 Å². The number of aromatic nitrogens is 1. The topological polar surface area (TPSA) is 81.2 Å². The molecule has 0 aliphatic carbocycles. The summed E-state index contributed by atoms with van der Waals surface area (Å²) >= 11 is 0. The second-order valence-corrected chi connectivity index (χ2v) is 4.65. The van der Waals surface area contributed by atoms with Gasteiger partial charge in [-0.1, -0.05) is 18.2 Å². The van der Waals surface area contributed by atoms with Crippen LogP contribution in [0.5, 0.6) is 11.5 Å². The van der Waals surface area contributed by atoms with E-state index in [-0.39, 0.29) is 5.84 Å². The van der Waals surface area contributed by atoms with Crippen molar-refractivity contribution in [2.45, 2.75) is 13.8 Å². The molecule has 0 bridgehead atoms. The molecule has 21 heavy (non-hydrogen) atoms. The third-order valence-corrected chi connectivity index (χ3v) is 2.91. The Balaban J connectivity index is 1.98. The lowest BCUT2D eigenvalue weighted by Crippen LogP contribution is -2.18. The van der Waals surface area contributed by atoms with Crippen LogP contribution >= 0.6 is 0 Å². The second kappa shape index (κ2) is 6.74. The van der Waals surface area contributed by atoms with E-state index in [1.165, 1.54) is 0 Å². The number of ether oxygens (including phenoxy) is 2. The molecular weight excluding hydrogens is 266 g/mol. The smallest absolute Gasteiger partial charge is 0.134 e. The van der Waals surface area contributed by atoms with E-state index in [2.05, 4.69) is 4.98 Å². The number of rotatable bonds is 6. The van der Waals surface area contributed by atoms with Gasteiger partial charge in [0.25, 0.3) is 0 Å². The van der Waals surface area contributed by atoms with Gasteiger partial charge in [-0.25, -0.2) is 0 Å². The van der Waals surface area contributed by atoms with Crippen molar-refractivity contribution in [2.24, 2.45) is 5.73 Å². The molecule has 2 rings (SSSR count). The number of hydrogen-bond acceptors (Lipinski definition) is 4. The molecule has 5 heteroatoms. The second-order valence-electron chi connectivity index (χ2n) is 4.65. The van der Waals surface area contributed by atoms with Crippen molar-refractivity contribution in [3.8, 4) is 11.5 Å². The molecule has 1 aromatic heterocycles. The Morgan fingerprint density at radius 1 is 1.14 bits per heavy atom. The molecule has 0 fully saturated rings. The van der Waals surface area contributed by atoms with Crippen LogP contribution in [-0.2, 0) is 0 Å². The van der Waals surface area contributed by atoms with Gasteiger partial charge in [0.2, 0.25) is 0 Å². The normalized spacial score (nSPS) is 10.2. The Hall–Kier alpha value is -2.56. The van der Waals surface area contributed by atoms with Gasteiger partial charge >= 0.3 is 0 Å². The lowest BCUT2D eigenvalue weighted by Gasteiger charge is -2.14. The fourth-order valence-electron chi connectivity index (χ4n) is 2.06. The molecule has 3 N–H and O–H groups in total. The number of pyridine rings is 1. The Bertz CT molecular complexity index is 627. The Morgan fingerprint density at radius 2 is 1.81 bits per heavy atom. The SMILES string of the molecule is Cc1cc(OCCOc2ccccc2)c(C(=N)N)c(C)n1. The van der Waals surface area contributed by atoms with Gasteiger partial charge < -0.3 is 15.2 Å². The zero-order valence-electron chi connectivity index (χ0n) is 12.2. The van der Waals surface area contributed by atoms with Gasteiger partial charge in [0, 0.05) is 11.8 Å². The predicted molar refractivity (Wildman–Crippen MR) is 82.2 cm³/mol. The van der Waals surface area contributed by atoms with E-state index in [9.17, 15) is 0 Å². The molecule has 110 valence electrons. The highest BCUT2D eigenvalue weighted by Crippen LogP contribution is 2.21. The lowest BCUT2D eigenvalue weighted by molar-refractivity contribution is 0.216. The standard InChI is InChI=1S/C16H19N3O2/c1-11-10-14(15(16(17)18)12(2)19-11)21-9-8-20-13-6-4-3-5-7-13/h3-7,10H,8-9H2,1-2H3,(H3,17,18). The van der Waals surface area contributed by atoms with Crippen molar-refractivity contribution in [1.82, 2.24) is 4.98 Å². The van der Waals surface area contributed by atoms with Crippen molar-refractivity contribution in [3.05, 3.63) is 53.3 Å². The highest BCUT2D eigenvalue weighted by atomic mass is 16.5. The van der Waals surface area contributed by atoms with Crippen LogP contribution in [0.1, 0.15) is 17.0 Å². The maximum atomic E-state index is 7.63. The number of nitrogens with zero attached hydrogens (tertiary/aromatic N) is 1. The van der Waals surface area contributed by atoms with E-state index >= 15 is 0 Å². The first-order valence-electron chi connectivity index (χ1n) is 6.71. The maximum Gasteiger partial charge on any atom is 0.134 e. The highest BCUT2D eigenvalue weighted by molar-refractivity contribution is 5.98. The summed E-state index contributed by atoms with van der Waals surface area (Å²) in [5.74, 6) is 1.33. The number of nitrogens with one attached hydrogen (secondary N) is 1. The van der Waals surface area contributed by atoms with Gasteiger partial charge in [-0.2, -0.15) is 0 Å². The number of amidine groups is 1. The van der Waals surface area contributed by atoms with Crippen molar-refractivity contribution in [1.29, 1.82) is 5.41 Å². The van der Waals surface area contributed by atoms with Crippen LogP contribution in [-0.4, -0.2) is 24.0 Å². The summed E-state index contributed by atoms with van der Waals surface area (Å²) in [5, 5.41) is 7.63. The summed E-state index contributed by atoms with van der Waals surface area (Å²) in [5.41, 5.74) is 7.66. The summed E-state index contributed by atoms with van der Waals surface area (Å²) in [6.45, 7) is 4.49. The summed E-state index contributed by atoms with van der Waals surface area (Å²) in [6, 6.07) is 11.3. The zero-order valence-corrected chi connectivity index (χ0v) is 12.2. The van der Waals surface area contributed by atoms with E-state index in [1.54, 1.807) is 6.07 Å². The molecule has 0 saturated heterocycles. The highest BCUT2D eigenvalue weighted by Gasteiger charge is 2.12. The number of para-hydroxylation sites is 1. The Labute approximate surface area is 124 Å². The van der Waals surface area contributed by atoms with Crippen LogP contribution < -0.4 is 15.2 Å². The Morgan fingerprint density at radius 3 is 2.48 bits per heavy atom. The van der Waals surface area contributed by atoms with Crippen LogP contribution in [0, 0.1) is 19.3 Å². The minimum atomic E-state index is -0.0426. The summed E-state index contributed by atoms with van der Waals surface area (Å²) in [6.07, 6.45) is 0. The molecule has 0 unspecified atom stereocenters. The third kappa shape index (κ3) is 3.95. The minimum Gasteiger partial charge on any atom is -0.490 e. The molecule has 0 saturated carbocycles. The molecule has 2 aromatic rings. The molecule has 0 radical (unpaired) electrons. The molecule has 0 spiro atoms. The molecule has 5 nitrogen and oxygen atoms in total. The fraction of sp³-hybridized carbons (Fsp3) is 0.250. The fourth-order valence-corrected chi connectivity index (χ4v) is 2.06. The van der Waals surface area contributed by atoms with E-state index < -0.39 is 0 Å². The van der Waals surface area contributed by atoms with E-state index in [0.29, 0.717) is 30.2 Å². The number of hydrogen-bond donors (Lipinski definition) is 2. The van der Waals surface area contributed by atoms with Gasteiger partial charge in [0.05, 0.1) is 11.3 Å². The van der Waals surface area contributed by atoms with Gasteiger partial charge in [0.1, 0.15) is 30.5 Å². The first-order chi connectivity index (χ1) is 10.1. The van der Waals surface area contributed by atoms with Crippen LogP contribution in [0.25, 0.3) is 0 Å². The molecule has 1 heterocycles. The van der Waals surface area contributed by atoms with Crippen molar-refractivity contribution >= 4 is 5.84 Å². The van der Waals surface area contributed by atoms with Crippen LogP contribution in [0.3, 0.4) is 0 Å². The monoisotopic (exact) mass is 285 g/mol. The molecule has 1 aromatic carbocycles. The van der Waals surface area contributed by atoms with Gasteiger partial charge in [-0.15, -0.1) is 0 Å². The number of nitrogens with two attached hydrogens (primary N) is 1. The average molecular weight is 285 g/mol. The third-order valence-electron chi connectivity index (χ3n) is 2.91.